The molecule has 0 radical (unpaired) electrons. The van der Waals surface area contributed by atoms with Gasteiger partial charge >= 0.3 is 0 Å². The summed E-state index contributed by atoms with van der Waals surface area (Å²) in [7, 11) is 0. The van der Waals surface area contributed by atoms with Crippen LogP contribution in [0.15, 0.2) is 12.1 Å². The van der Waals surface area contributed by atoms with E-state index in [-0.39, 0.29) is 18.6 Å². The Balaban J connectivity index is 2.24. The van der Waals surface area contributed by atoms with E-state index in [4.69, 9.17) is 26.3 Å². The van der Waals surface area contributed by atoms with Gasteiger partial charge in [0.2, 0.25) is 6.79 Å². The quantitative estimate of drug-likeness (QED) is 0.856. The molecule has 0 fully saturated rings. The van der Waals surface area contributed by atoms with E-state index in [1.165, 1.54) is 0 Å². The highest BCUT2D eigenvalue weighted by atomic mass is 35.5. The summed E-state index contributed by atoms with van der Waals surface area (Å²) in [4.78, 5) is 14.1. The second-order valence-electron chi connectivity index (χ2n) is 4.57. The smallest absolute Gasteiger partial charge is 0.254 e. The fourth-order valence-electron chi connectivity index (χ4n) is 2.00. The van der Waals surface area contributed by atoms with E-state index >= 15 is 0 Å². The molecule has 0 N–H and O–H groups in total. The Hall–Kier alpha value is -1.93. The first-order valence-corrected chi connectivity index (χ1v) is 6.72. The molecule has 20 heavy (non-hydrogen) atoms. The first-order chi connectivity index (χ1) is 9.56. The number of hydrogen-bond acceptors (Lipinski definition) is 4. The second-order valence-corrected chi connectivity index (χ2v) is 4.97. The van der Waals surface area contributed by atoms with Crippen LogP contribution in [0, 0.1) is 17.2 Å². The Kier molecular flexibility index (Phi) is 4.35. The summed E-state index contributed by atoms with van der Waals surface area (Å²) in [5.41, 5.74) is 0.436. The zero-order chi connectivity index (χ0) is 14.7. The number of amides is 1. The van der Waals surface area contributed by atoms with Crippen LogP contribution in [0.5, 0.6) is 11.5 Å². The van der Waals surface area contributed by atoms with Gasteiger partial charge in [0.25, 0.3) is 5.91 Å². The number of hydrogen-bond donors (Lipinski definition) is 0. The number of nitrogens with zero attached hydrogens (tertiary/aromatic N) is 2. The van der Waals surface area contributed by atoms with Gasteiger partial charge in [-0.05, 0) is 26.0 Å². The van der Waals surface area contributed by atoms with Crippen molar-refractivity contribution >= 4 is 17.5 Å². The summed E-state index contributed by atoms with van der Waals surface area (Å²) in [5.74, 6) is 0.556. The van der Waals surface area contributed by atoms with Crippen LogP contribution in [-0.4, -0.2) is 30.7 Å². The van der Waals surface area contributed by atoms with Gasteiger partial charge < -0.3 is 14.4 Å². The zero-order valence-corrected chi connectivity index (χ0v) is 12.1. The van der Waals surface area contributed by atoms with Crippen LogP contribution in [0.25, 0.3) is 0 Å². The van der Waals surface area contributed by atoms with Crippen LogP contribution < -0.4 is 9.47 Å². The Morgan fingerprint density at radius 2 is 2.30 bits per heavy atom. The van der Waals surface area contributed by atoms with E-state index in [2.05, 4.69) is 6.07 Å². The van der Waals surface area contributed by atoms with Crippen LogP contribution in [0.2, 0.25) is 5.02 Å². The molecule has 1 aromatic rings. The van der Waals surface area contributed by atoms with Gasteiger partial charge in [-0.3, -0.25) is 4.79 Å². The predicted molar refractivity (Wildman–Crippen MR) is 73.9 cm³/mol. The molecule has 0 aliphatic carbocycles. The Morgan fingerprint density at radius 1 is 1.55 bits per heavy atom. The minimum Gasteiger partial charge on any atom is -0.454 e. The average molecular weight is 295 g/mol. The van der Waals surface area contributed by atoms with Gasteiger partial charge in [0.1, 0.15) is 0 Å². The minimum absolute atomic E-state index is 0.107. The summed E-state index contributed by atoms with van der Waals surface area (Å²) >= 11 is 6.07. The zero-order valence-electron chi connectivity index (χ0n) is 11.4. The van der Waals surface area contributed by atoms with Gasteiger partial charge in [-0.25, -0.2) is 0 Å². The maximum atomic E-state index is 12.4. The first-order valence-electron chi connectivity index (χ1n) is 6.34. The molecule has 1 amide bonds. The number of benzene rings is 1. The molecule has 0 saturated carbocycles. The maximum absolute atomic E-state index is 12.4. The maximum Gasteiger partial charge on any atom is 0.254 e. The van der Waals surface area contributed by atoms with Gasteiger partial charge in [-0.2, -0.15) is 5.26 Å². The molecule has 0 spiro atoms. The number of fused-ring (bicyclic) bond motifs is 1. The van der Waals surface area contributed by atoms with Crippen molar-refractivity contribution in [3.05, 3.63) is 22.7 Å². The van der Waals surface area contributed by atoms with Crippen molar-refractivity contribution in [1.82, 2.24) is 4.90 Å². The number of carbonyl (C=O) groups is 1. The lowest BCUT2D eigenvalue weighted by Gasteiger charge is -2.22. The molecular weight excluding hydrogens is 280 g/mol. The molecule has 6 heteroatoms. The van der Waals surface area contributed by atoms with E-state index in [0.29, 0.717) is 35.2 Å². The fourth-order valence-corrected chi connectivity index (χ4v) is 2.27. The average Bonchev–Trinajstić information content (AvgIpc) is 2.92. The molecule has 0 unspecified atom stereocenters. The Morgan fingerprint density at radius 3 is 2.95 bits per heavy atom. The first kappa shape index (κ1) is 14.5. The molecular formula is C14H15ClN2O3. The molecule has 1 aliphatic heterocycles. The third kappa shape index (κ3) is 2.81. The van der Waals surface area contributed by atoms with Crippen molar-refractivity contribution in [3.8, 4) is 17.6 Å². The SMILES string of the molecule is CCN(C[C@H](C)C#N)C(=O)c1cc(Cl)c2c(c1)OCO2. The van der Waals surface area contributed by atoms with Crippen LogP contribution >= 0.6 is 11.6 Å². The lowest BCUT2D eigenvalue weighted by molar-refractivity contribution is 0.0752. The van der Waals surface area contributed by atoms with Gasteiger partial charge in [0.15, 0.2) is 11.5 Å². The molecule has 1 aromatic carbocycles. The summed E-state index contributed by atoms with van der Waals surface area (Å²) in [6.45, 7) is 4.67. The highest BCUT2D eigenvalue weighted by Crippen LogP contribution is 2.40. The molecule has 5 nitrogen and oxygen atoms in total. The van der Waals surface area contributed by atoms with Crippen molar-refractivity contribution in [3.63, 3.8) is 0 Å². The lowest BCUT2D eigenvalue weighted by atomic mass is 10.1. The van der Waals surface area contributed by atoms with Gasteiger partial charge in [-0.1, -0.05) is 11.6 Å². The largest absolute Gasteiger partial charge is 0.454 e. The van der Waals surface area contributed by atoms with E-state index in [1.807, 2.05) is 6.92 Å². The van der Waals surface area contributed by atoms with Crippen molar-refractivity contribution in [2.24, 2.45) is 5.92 Å². The summed E-state index contributed by atoms with van der Waals surface area (Å²) in [6, 6.07) is 5.31. The lowest BCUT2D eigenvalue weighted by Crippen LogP contribution is -2.34. The number of nitriles is 1. The van der Waals surface area contributed by atoms with E-state index in [0.717, 1.165) is 0 Å². The number of halogens is 1. The third-order valence-electron chi connectivity index (χ3n) is 3.06. The summed E-state index contributed by atoms with van der Waals surface area (Å²) in [6.07, 6.45) is 0. The molecule has 1 atom stereocenters. The Bertz CT molecular complexity index is 568. The fraction of sp³-hybridized carbons (Fsp3) is 0.429. The number of ether oxygens (including phenoxy) is 2. The normalized spacial score (nSPS) is 13.7. The molecule has 1 heterocycles. The van der Waals surface area contributed by atoms with Crippen molar-refractivity contribution in [2.75, 3.05) is 19.9 Å². The van der Waals surface area contributed by atoms with Gasteiger partial charge in [0, 0.05) is 18.7 Å². The van der Waals surface area contributed by atoms with Gasteiger partial charge in [-0.15, -0.1) is 0 Å². The molecule has 0 aromatic heterocycles. The van der Waals surface area contributed by atoms with Crippen molar-refractivity contribution < 1.29 is 14.3 Å². The van der Waals surface area contributed by atoms with Crippen molar-refractivity contribution in [1.29, 1.82) is 5.26 Å². The highest BCUT2D eigenvalue weighted by molar-refractivity contribution is 6.32. The van der Waals surface area contributed by atoms with E-state index in [9.17, 15) is 4.79 Å². The van der Waals surface area contributed by atoms with E-state index in [1.54, 1.807) is 24.0 Å². The number of rotatable bonds is 4. The third-order valence-corrected chi connectivity index (χ3v) is 3.34. The molecule has 1 aliphatic rings. The van der Waals surface area contributed by atoms with Crippen LogP contribution in [0.3, 0.4) is 0 Å². The summed E-state index contributed by atoms with van der Waals surface area (Å²) in [5, 5.41) is 9.21. The van der Waals surface area contributed by atoms with Crippen LogP contribution in [-0.2, 0) is 0 Å². The van der Waals surface area contributed by atoms with Crippen LogP contribution in [0.1, 0.15) is 24.2 Å². The topological polar surface area (TPSA) is 62.6 Å². The molecule has 0 bridgehead atoms. The second kappa shape index (κ2) is 6.02. The Labute approximate surface area is 122 Å². The van der Waals surface area contributed by atoms with Crippen LogP contribution in [0.4, 0.5) is 0 Å². The van der Waals surface area contributed by atoms with E-state index < -0.39 is 0 Å². The monoisotopic (exact) mass is 294 g/mol. The summed E-state index contributed by atoms with van der Waals surface area (Å²) < 4.78 is 10.5. The predicted octanol–water partition coefficient (Wildman–Crippen LogP) is 2.69. The molecule has 0 saturated heterocycles. The molecule has 106 valence electrons. The standard InChI is InChI=1S/C14H15ClN2O3/c1-3-17(7-9(2)6-16)14(18)10-4-11(15)13-12(5-10)19-8-20-13/h4-5,9H,3,7-8H2,1-2H3/t9-/m1/s1. The molecule has 2 rings (SSSR count). The highest BCUT2D eigenvalue weighted by Gasteiger charge is 2.23. The van der Waals surface area contributed by atoms with Crippen molar-refractivity contribution in [2.45, 2.75) is 13.8 Å². The number of carbonyl (C=O) groups excluding carboxylic acids is 1. The van der Waals surface area contributed by atoms with Gasteiger partial charge in [0.05, 0.1) is 17.0 Å². The minimum atomic E-state index is -0.219.